The molecule has 0 atom stereocenters. The Hall–Kier alpha value is -0.610. The topological polar surface area (TPSA) is 55.8 Å². The van der Waals surface area contributed by atoms with Gasteiger partial charge in [-0.05, 0) is 18.8 Å². The first-order valence-corrected chi connectivity index (χ1v) is 6.17. The third-order valence-corrected chi connectivity index (χ3v) is 2.91. The third-order valence-electron chi connectivity index (χ3n) is 2.91. The molecule has 1 fully saturated rings. The summed E-state index contributed by atoms with van der Waals surface area (Å²) in [5.74, 6) is 0.416. The summed E-state index contributed by atoms with van der Waals surface area (Å²) in [5.41, 5.74) is 0. The van der Waals surface area contributed by atoms with E-state index in [1.807, 2.05) is 0 Å². The summed E-state index contributed by atoms with van der Waals surface area (Å²) in [6, 6.07) is 0. The van der Waals surface area contributed by atoms with E-state index in [0.717, 1.165) is 12.8 Å². The molecule has 0 heterocycles. The van der Waals surface area contributed by atoms with Gasteiger partial charge in [0.05, 0.1) is 19.8 Å². The van der Waals surface area contributed by atoms with Crippen molar-refractivity contribution in [2.45, 2.75) is 38.5 Å². The van der Waals surface area contributed by atoms with Gasteiger partial charge in [-0.3, -0.25) is 4.79 Å². The summed E-state index contributed by atoms with van der Waals surface area (Å²) >= 11 is 0. The van der Waals surface area contributed by atoms with Crippen molar-refractivity contribution in [3.8, 4) is 0 Å². The zero-order chi connectivity index (χ0) is 11.6. The van der Waals surface area contributed by atoms with Crippen LogP contribution >= 0.6 is 0 Å². The Bertz CT molecular complexity index is 187. The van der Waals surface area contributed by atoms with Gasteiger partial charge in [0.2, 0.25) is 0 Å². The molecule has 1 rings (SSSR count). The van der Waals surface area contributed by atoms with Gasteiger partial charge in [0.1, 0.15) is 6.61 Å². The minimum atomic E-state index is -0.112. The van der Waals surface area contributed by atoms with Gasteiger partial charge < -0.3 is 14.6 Å². The Morgan fingerprint density at radius 3 is 2.56 bits per heavy atom. The highest BCUT2D eigenvalue weighted by Gasteiger charge is 2.17. The Kier molecular flexibility index (Phi) is 7.17. The van der Waals surface area contributed by atoms with Crippen LogP contribution in [0, 0.1) is 5.92 Å². The van der Waals surface area contributed by atoms with E-state index in [2.05, 4.69) is 0 Å². The number of esters is 1. The quantitative estimate of drug-likeness (QED) is 0.532. The molecule has 0 aromatic rings. The SMILES string of the molecule is O=C(CC1CCCCC1)OCCOCCO. The van der Waals surface area contributed by atoms with Gasteiger partial charge in [-0.1, -0.05) is 19.3 Å². The van der Waals surface area contributed by atoms with E-state index in [0.29, 0.717) is 32.2 Å². The van der Waals surface area contributed by atoms with Gasteiger partial charge in [0.15, 0.2) is 0 Å². The number of carbonyl (C=O) groups excluding carboxylic acids is 1. The molecule has 1 aliphatic rings. The molecule has 0 unspecified atom stereocenters. The molecule has 0 bridgehead atoms. The van der Waals surface area contributed by atoms with Crippen molar-refractivity contribution >= 4 is 5.97 Å². The number of aliphatic hydroxyl groups excluding tert-OH is 1. The van der Waals surface area contributed by atoms with Crippen molar-refractivity contribution < 1.29 is 19.4 Å². The zero-order valence-electron chi connectivity index (χ0n) is 9.82. The van der Waals surface area contributed by atoms with Crippen molar-refractivity contribution in [2.75, 3.05) is 26.4 Å². The average molecular weight is 230 g/mol. The average Bonchev–Trinajstić information content (AvgIpc) is 2.30. The second-order valence-electron chi connectivity index (χ2n) is 4.26. The molecule has 16 heavy (non-hydrogen) atoms. The van der Waals surface area contributed by atoms with Crippen LogP contribution < -0.4 is 0 Å². The first-order valence-electron chi connectivity index (χ1n) is 6.17. The molecular formula is C12H22O4. The van der Waals surface area contributed by atoms with Crippen LogP contribution in [0.2, 0.25) is 0 Å². The van der Waals surface area contributed by atoms with E-state index in [1.54, 1.807) is 0 Å². The fourth-order valence-corrected chi connectivity index (χ4v) is 2.07. The van der Waals surface area contributed by atoms with Crippen LogP contribution in [-0.4, -0.2) is 37.5 Å². The zero-order valence-corrected chi connectivity index (χ0v) is 9.82. The normalized spacial score (nSPS) is 17.3. The second kappa shape index (κ2) is 8.53. The van der Waals surface area contributed by atoms with E-state index < -0.39 is 0 Å². The summed E-state index contributed by atoms with van der Waals surface area (Å²) in [5, 5.41) is 8.46. The monoisotopic (exact) mass is 230 g/mol. The van der Waals surface area contributed by atoms with Gasteiger partial charge in [-0.15, -0.1) is 0 Å². The van der Waals surface area contributed by atoms with E-state index in [4.69, 9.17) is 14.6 Å². The Morgan fingerprint density at radius 2 is 1.88 bits per heavy atom. The van der Waals surface area contributed by atoms with E-state index in [1.165, 1.54) is 19.3 Å². The molecule has 0 radical (unpaired) electrons. The van der Waals surface area contributed by atoms with Crippen LogP contribution in [0.15, 0.2) is 0 Å². The molecule has 1 N–H and O–H groups in total. The van der Waals surface area contributed by atoms with Gasteiger partial charge in [0.25, 0.3) is 0 Å². The number of rotatable bonds is 7. The molecular weight excluding hydrogens is 208 g/mol. The van der Waals surface area contributed by atoms with Crippen LogP contribution in [-0.2, 0) is 14.3 Å². The summed E-state index contributed by atoms with van der Waals surface area (Å²) < 4.78 is 10.0. The predicted molar refractivity (Wildman–Crippen MR) is 60.1 cm³/mol. The van der Waals surface area contributed by atoms with Crippen LogP contribution in [0.25, 0.3) is 0 Å². The smallest absolute Gasteiger partial charge is 0.306 e. The molecule has 0 aromatic heterocycles. The second-order valence-corrected chi connectivity index (χ2v) is 4.26. The molecule has 1 aliphatic carbocycles. The Morgan fingerprint density at radius 1 is 1.12 bits per heavy atom. The maximum atomic E-state index is 11.4. The molecule has 0 spiro atoms. The summed E-state index contributed by atoms with van der Waals surface area (Å²) in [7, 11) is 0. The van der Waals surface area contributed by atoms with Crippen LogP contribution in [0.3, 0.4) is 0 Å². The van der Waals surface area contributed by atoms with E-state index in [-0.39, 0.29) is 12.6 Å². The van der Waals surface area contributed by atoms with E-state index >= 15 is 0 Å². The minimum absolute atomic E-state index is 0.00994. The highest BCUT2D eigenvalue weighted by atomic mass is 16.6. The molecule has 0 amide bonds. The van der Waals surface area contributed by atoms with Gasteiger partial charge in [-0.2, -0.15) is 0 Å². The van der Waals surface area contributed by atoms with Crippen LogP contribution in [0.1, 0.15) is 38.5 Å². The fraction of sp³-hybridized carbons (Fsp3) is 0.917. The number of aliphatic hydroxyl groups is 1. The minimum Gasteiger partial charge on any atom is -0.463 e. The Labute approximate surface area is 96.9 Å². The molecule has 1 saturated carbocycles. The lowest BCUT2D eigenvalue weighted by Gasteiger charge is -2.20. The molecule has 94 valence electrons. The first-order chi connectivity index (χ1) is 7.83. The maximum Gasteiger partial charge on any atom is 0.306 e. The first kappa shape index (κ1) is 13.5. The Balaban J connectivity index is 1.97. The van der Waals surface area contributed by atoms with Gasteiger partial charge in [-0.25, -0.2) is 0 Å². The lowest BCUT2D eigenvalue weighted by Crippen LogP contribution is -2.16. The largest absolute Gasteiger partial charge is 0.463 e. The highest BCUT2D eigenvalue weighted by Crippen LogP contribution is 2.26. The fourth-order valence-electron chi connectivity index (χ4n) is 2.07. The third kappa shape index (κ3) is 6.08. The molecule has 4 nitrogen and oxygen atoms in total. The van der Waals surface area contributed by atoms with Crippen LogP contribution in [0.4, 0.5) is 0 Å². The van der Waals surface area contributed by atoms with Crippen molar-refractivity contribution in [1.82, 2.24) is 0 Å². The molecule has 0 aromatic carbocycles. The maximum absolute atomic E-state index is 11.4. The number of hydrogen-bond acceptors (Lipinski definition) is 4. The lowest BCUT2D eigenvalue weighted by molar-refractivity contribution is -0.146. The molecule has 4 heteroatoms. The summed E-state index contributed by atoms with van der Waals surface area (Å²) in [6.07, 6.45) is 6.68. The molecule has 0 aliphatic heterocycles. The van der Waals surface area contributed by atoms with Gasteiger partial charge >= 0.3 is 5.97 Å². The standard InChI is InChI=1S/C12H22O4/c13-6-7-15-8-9-16-12(14)10-11-4-2-1-3-5-11/h11,13H,1-10H2. The summed E-state index contributed by atoms with van der Waals surface area (Å²) in [4.78, 5) is 11.4. The van der Waals surface area contributed by atoms with Crippen LogP contribution in [0.5, 0.6) is 0 Å². The van der Waals surface area contributed by atoms with E-state index in [9.17, 15) is 4.79 Å². The molecule has 0 saturated heterocycles. The van der Waals surface area contributed by atoms with Crippen molar-refractivity contribution in [3.63, 3.8) is 0 Å². The highest BCUT2D eigenvalue weighted by molar-refractivity contribution is 5.69. The van der Waals surface area contributed by atoms with Gasteiger partial charge in [0, 0.05) is 6.42 Å². The number of ether oxygens (including phenoxy) is 2. The van der Waals surface area contributed by atoms with Crippen molar-refractivity contribution in [3.05, 3.63) is 0 Å². The summed E-state index contributed by atoms with van der Waals surface area (Å²) in [6.45, 7) is 0.985. The lowest BCUT2D eigenvalue weighted by atomic mass is 9.87. The number of hydrogen-bond donors (Lipinski definition) is 1. The predicted octanol–water partition coefficient (Wildman–Crippen LogP) is 1.51. The van der Waals surface area contributed by atoms with Crippen molar-refractivity contribution in [1.29, 1.82) is 0 Å². The van der Waals surface area contributed by atoms with Crippen molar-refractivity contribution in [2.24, 2.45) is 5.92 Å². The number of carbonyl (C=O) groups is 1.